The summed E-state index contributed by atoms with van der Waals surface area (Å²) in [6, 6.07) is 0. The summed E-state index contributed by atoms with van der Waals surface area (Å²) in [5.74, 6) is 0.206. The van der Waals surface area contributed by atoms with Crippen LogP contribution < -0.4 is 0 Å². The van der Waals surface area contributed by atoms with Crippen molar-refractivity contribution in [1.82, 2.24) is 4.90 Å². The number of likely N-dealkylation sites (N-methyl/N-ethyl adjacent to an activating group) is 1. The molecule has 0 aliphatic heterocycles. The van der Waals surface area contributed by atoms with Crippen molar-refractivity contribution in [2.24, 2.45) is 0 Å². The molecular weight excluding hydrogens is 154 g/mol. The molecule has 0 aromatic heterocycles. The molecule has 3 heteroatoms. The zero-order chi connectivity index (χ0) is 9.40. The summed E-state index contributed by atoms with van der Waals surface area (Å²) in [5.41, 5.74) is 0. The molecule has 0 fully saturated rings. The van der Waals surface area contributed by atoms with Crippen LogP contribution in [0.15, 0.2) is 0 Å². The fourth-order valence-electron chi connectivity index (χ4n) is 1.00. The Kier molecular flexibility index (Phi) is 6.76. The maximum atomic E-state index is 11.2. The van der Waals surface area contributed by atoms with Crippen molar-refractivity contribution >= 4 is 5.91 Å². The fraction of sp³-hybridized carbons (Fsp3) is 0.889. The third kappa shape index (κ3) is 4.34. The van der Waals surface area contributed by atoms with Gasteiger partial charge in [0.15, 0.2) is 0 Å². The lowest BCUT2D eigenvalue weighted by molar-refractivity contribution is -0.131. The Morgan fingerprint density at radius 3 is 2.42 bits per heavy atom. The van der Waals surface area contributed by atoms with Gasteiger partial charge in [0.25, 0.3) is 0 Å². The number of carbonyl (C=O) groups excluding carboxylic acids is 1. The number of hydrogen-bond donors (Lipinski definition) is 0. The van der Waals surface area contributed by atoms with Crippen LogP contribution >= 0.6 is 0 Å². The molecule has 0 saturated heterocycles. The first-order chi connectivity index (χ1) is 5.76. The van der Waals surface area contributed by atoms with E-state index >= 15 is 0 Å². The van der Waals surface area contributed by atoms with Gasteiger partial charge in [-0.3, -0.25) is 4.79 Å². The van der Waals surface area contributed by atoms with Crippen LogP contribution in [0, 0.1) is 0 Å². The average Bonchev–Trinajstić information content (AvgIpc) is 2.11. The average molecular weight is 173 g/mol. The molecule has 0 aromatic rings. The number of carbonyl (C=O) groups is 1. The van der Waals surface area contributed by atoms with Crippen LogP contribution in [0.5, 0.6) is 0 Å². The lowest BCUT2D eigenvalue weighted by atomic mass is 10.4. The molecule has 0 heterocycles. The first kappa shape index (κ1) is 11.4. The molecule has 0 radical (unpaired) electrons. The number of rotatable bonds is 6. The number of hydrogen-bond acceptors (Lipinski definition) is 2. The number of amides is 1. The van der Waals surface area contributed by atoms with Crippen LogP contribution in [0.2, 0.25) is 0 Å². The number of nitrogens with zero attached hydrogens (tertiary/aromatic N) is 1. The Morgan fingerprint density at radius 1 is 1.33 bits per heavy atom. The summed E-state index contributed by atoms with van der Waals surface area (Å²) in [6.45, 7) is 8.69. The van der Waals surface area contributed by atoms with Gasteiger partial charge in [-0.15, -0.1) is 0 Å². The van der Waals surface area contributed by atoms with Gasteiger partial charge in [0.05, 0.1) is 6.61 Å². The van der Waals surface area contributed by atoms with E-state index in [1.165, 1.54) is 0 Å². The molecule has 1 amide bonds. The zero-order valence-corrected chi connectivity index (χ0v) is 8.30. The highest BCUT2D eigenvalue weighted by molar-refractivity contribution is 5.75. The first-order valence-electron chi connectivity index (χ1n) is 4.61. The van der Waals surface area contributed by atoms with Gasteiger partial charge in [-0.1, -0.05) is 6.92 Å². The minimum absolute atomic E-state index is 0.206. The summed E-state index contributed by atoms with van der Waals surface area (Å²) in [7, 11) is 0. The highest BCUT2D eigenvalue weighted by Gasteiger charge is 2.07. The van der Waals surface area contributed by atoms with Gasteiger partial charge in [-0.2, -0.15) is 0 Å². The smallest absolute Gasteiger partial charge is 0.222 e. The summed E-state index contributed by atoms with van der Waals surface area (Å²) < 4.78 is 5.17. The van der Waals surface area contributed by atoms with Gasteiger partial charge >= 0.3 is 0 Å². The topological polar surface area (TPSA) is 29.5 Å². The van der Waals surface area contributed by atoms with Crippen LogP contribution in [-0.2, 0) is 9.53 Å². The standard InChI is InChI=1S/C9H19NO2/c1-4-9(11)10(5-2)7-8-12-6-3/h4-8H2,1-3H3. The minimum atomic E-state index is 0.206. The third-order valence-corrected chi connectivity index (χ3v) is 1.75. The Balaban J connectivity index is 3.60. The van der Waals surface area contributed by atoms with Crippen LogP contribution in [-0.4, -0.2) is 37.1 Å². The molecule has 12 heavy (non-hydrogen) atoms. The van der Waals surface area contributed by atoms with E-state index in [9.17, 15) is 4.79 Å². The van der Waals surface area contributed by atoms with E-state index < -0.39 is 0 Å². The Morgan fingerprint density at radius 2 is 2.00 bits per heavy atom. The lowest BCUT2D eigenvalue weighted by Gasteiger charge is -2.19. The van der Waals surface area contributed by atoms with Gasteiger partial charge < -0.3 is 9.64 Å². The molecule has 72 valence electrons. The molecule has 0 bridgehead atoms. The van der Waals surface area contributed by atoms with Crippen molar-refractivity contribution in [3.05, 3.63) is 0 Å². The van der Waals surface area contributed by atoms with E-state index in [1.807, 2.05) is 25.7 Å². The Bertz CT molecular complexity index is 126. The lowest BCUT2D eigenvalue weighted by Crippen LogP contribution is -2.33. The van der Waals surface area contributed by atoms with Crippen molar-refractivity contribution in [1.29, 1.82) is 0 Å². The number of ether oxygens (including phenoxy) is 1. The third-order valence-electron chi connectivity index (χ3n) is 1.75. The monoisotopic (exact) mass is 173 g/mol. The molecular formula is C9H19NO2. The van der Waals surface area contributed by atoms with E-state index in [4.69, 9.17) is 4.74 Å². The summed E-state index contributed by atoms with van der Waals surface area (Å²) >= 11 is 0. The fourth-order valence-corrected chi connectivity index (χ4v) is 1.00. The highest BCUT2D eigenvalue weighted by Crippen LogP contribution is 1.93. The highest BCUT2D eigenvalue weighted by atomic mass is 16.5. The largest absolute Gasteiger partial charge is 0.380 e. The molecule has 0 unspecified atom stereocenters. The maximum Gasteiger partial charge on any atom is 0.222 e. The van der Waals surface area contributed by atoms with Gasteiger partial charge in [-0.25, -0.2) is 0 Å². The molecule has 0 N–H and O–H groups in total. The minimum Gasteiger partial charge on any atom is -0.380 e. The summed E-state index contributed by atoms with van der Waals surface area (Å²) in [6.07, 6.45) is 0.583. The Labute approximate surface area is 74.7 Å². The molecule has 0 atom stereocenters. The van der Waals surface area contributed by atoms with Gasteiger partial charge in [-0.05, 0) is 13.8 Å². The maximum absolute atomic E-state index is 11.2. The van der Waals surface area contributed by atoms with Gasteiger partial charge in [0.2, 0.25) is 5.91 Å². The summed E-state index contributed by atoms with van der Waals surface area (Å²) in [5, 5.41) is 0. The SMILES string of the molecule is CCOCCN(CC)C(=O)CC. The van der Waals surface area contributed by atoms with Crippen LogP contribution in [0.1, 0.15) is 27.2 Å². The molecule has 0 saturated carbocycles. The normalized spacial score (nSPS) is 9.92. The second kappa shape index (κ2) is 7.10. The van der Waals surface area contributed by atoms with Crippen molar-refractivity contribution < 1.29 is 9.53 Å². The molecule has 3 nitrogen and oxygen atoms in total. The van der Waals surface area contributed by atoms with Crippen LogP contribution in [0.4, 0.5) is 0 Å². The van der Waals surface area contributed by atoms with E-state index in [-0.39, 0.29) is 5.91 Å². The second-order valence-corrected chi connectivity index (χ2v) is 2.52. The Hall–Kier alpha value is -0.570. The second-order valence-electron chi connectivity index (χ2n) is 2.52. The van der Waals surface area contributed by atoms with Gasteiger partial charge in [0, 0.05) is 26.1 Å². The van der Waals surface area contributed by atoms with Crippen LogP contribution in [0.3, 0.4) is 0 Å². The molecule has 0 aliphatic rings. The quantitative estimate of drug-likeness (QED) is 0.566. The van der Waals surface area contributed by atoms with Crippen molar-refractivity contribution in [3.63, 3.8) is 0 Å². The van der Waals surface area contributed by atoms with Crippen molar-refractivity contribution in [3.8, 4) is 0 Å². The summed E-state index contributed by atoms with van der Waals surface area (Å²) in [4.78, 5) is 13.0. The molecule has 0 aromatic carbocycles. The van der Waals surface area contributed by atoms with E-state index in [0.717, 1.165) is 19.7 Å². The predicted molar refractivity (Wildman–Crippen MR) is 49.0 cm³/mol. The zero-order valence-electron chi connectivity index (χ0n) is 8.30. The van der Waals surface area contributed by atoms with Crippen LogP contribution in [0.25, 0.3) is 0 Å². The van der Waals surface area contributed by atoms with Crippen molar-refractivity contribution in [2.45, 2.75) is 27.2 Å². The molecule has 0 rings (SSSR count). The predicted octanol–water partition coefficient (Wildman–Crippen LogP) is 1.28. The first-order valence-corrected chi connectivity index (χ1v) is 4.61. The molecule has 0 aliphatic carbocycles. The molecule has 0 spiro atoms. The van der Waals surface area contributed by atoms with E-state index in [2.05, 4.69) is 0 Å². The van der Waals surface area contributed by atoms with E-state index in [0.29, 0.717) is 13.0 Å². The van der Waals surface area contributed by atoms with Gasteiger partial charge in [0.1, 0.15) is 0 Å². The van der Waals surface area contributed by atoms with Crippen molar-refractivity contribution in [2.75, 3.05) is 26.3 Å². The van der Waals surface area contributed by atoms with E-state index in [1.54, 1.807) is 0 Å².